The highest BCUT2D eigenvalue weighted by Gasteiger charge is 2.25. The maximum absolute atomic E-state index is 12.8. The summed E-state index contributed by atoms with van der Waals surface area (Å²) < 4.78 is 54.3. The molecule has 0 aliphatic heterocycles. The van der Waals surface area contributed by atoms with Crippen LogP contribution in [-0.2, 0) is 84.4 Å². The minimum Gasteiger partial charge on any atom is -0.446 e. The first-order chi connectivity index (χ1) is 49.4. The van der Waals surface area contributed by atoms with Gasteiger partial charge in [-0.3, -0.25) is 33.8 Å². The molecule has 0 spiro atoms. The summed E-state index contributed by atoms with van der Waals surface area (Å²) in [6.07, 6.45) is 12.2. The Morgan fingerprint density at radius 2 is 0.843 bits per heavy atom. The summed E-state index contributed by atoms with van der Waals surface area (Å²) >= 11 is 0. The van der Waals surface area contributed by atoms with Gasteiger partial charge in [-0.1, -0.05) is 71.0 Å². The van der Waals surface area contributed by atoms with Crippen LogP contribution in [-0.4, -0.2) is 224 Å². The largest absolute Gasteiger partial charge is 0.446 e. The van der Waals surface area contributed by atoms with Gasteiger partial charge >= 0.3 is 12.2 Å². The number of oxime groups is 1. The van der Waals surface area contributed by atoms with Crippen molar-refractivity contribution in [2.75, 3.05) is 152 Å². The highest BCUT2D eigenvalue weighted by Crippen LogP contribution is 2.18. The molecule has 10 N–H and O–H groups in total. The van der Waals surface area contributed by atoms with Crippen molar-refractivity contribution in [3.8, 4) is 0 Å². The number of rotatable bonds is 65. The van der Waals surface area contributed by atoms with Gasteiger partial charge < -0.3 is 95.6 Å². The molecule has 2 rings (SSSR count). The number of nitrogens with two attached hydrogens (primary N) is 2. The third-order valence-corrected chi connectivity index (χ3v) is 15.4. The van der Waals surface area contributed by atoms with E-state index in [9.17, 15) is 38.4 Å². The van der Waals surface area contributed by atoms with Gasteiger partial charge in [0.05, 0.1) is 92.5 Å². The number of alkyl carbamates (subject to hydrolysis) is 2. The molecule has 0 saturated carbocycles. The van der Waals surface area contributed by atoms with Crippen LogP contribution in [0.5, 0.6) is 0 Å². The van der Waals surface area contributed by atoms with Crippen molar-refractivity contribution >= 4 is 60.1 Å². The predicted octanol–water partition coefficient (Wildman–Crippen LogP) is 6.53. The SMILES string of the molecule is CC[C@@H](CC(C)C)C(=O)N[C@@H](CCCCNC(=O)c1cccc(CCN=CCCCOCCOCCOCCOCCNC(=O)OCCOC(=O)NCCOCCOCCOCCOCCC/C=N\OCc2cccc(C(=O)NCCCC[C@H](NC(=O)[C@@H](CC)CC(C)C)C(N)=O)c2)c1)C(N)=O. The number of carbonyl (C=O) groups excluding carboxylic acids is 8. The topological polar surface area (TPSA) is 387 Å². The first kappa shape index (κ1) is 90.7. The molecule has 2 aromatic carbocycles. The van der Waals surface area contributed by atoms with Gasteiger partial charge in [-0.15, -0.1) is 0 Å². The zero-order valence-electron chi connectivity index (χ0n) is 61.6. The van der Waals surface area contributed by atoms with Crippen LogP contribution in [0.15, 0.2) is 58.7 Å². The van der Waals surface area contributed by atoms with E-state index in [1.54, 1.807) is 30.5 Å². The van der Waals surface area contributed by atoms with Crippen LogP contribution in [0.25, 0.3) is 0 Å². The Hall–Kier alpha value is -7.38. The number of primary amides is 2. The molecule has 578 valence electrons. The lowest BCUT2D eigenvalue weighted by Gasteiger charge is -2.21. The molecule has 0 aromatic heterocycles. The van der Waals surface area contributed by atoms with Crippen LogP contribution in [0.3, 0.4) is 0 Å². The van der Waals surface area contributed by atoms with E-state index in [4.69, 9.17) is 63.7 Å². The fourth-order valence-corrected chi connectivity index (χ4v) is 9.92. The smallest absolute Gasteiger partial charge is 0.407 e. The van der Waals surface area contributed by atoms with Gasteiger partial charge in [-0.05, 0) is 150 Å². The summed E-state index contributed by atoms with van der Waals surface area (Å²) in [5.41, 5.74) is 14.0. The van der Waals surface area contributed by atoms with Crippen molar-refractivity contribution < 1.29 is 90.6 Å². The van der Waals surface area contributed by atoms with Gasteiger partial charge in [0.1, 0.15) is 31.9 Å². The Balaban J connectivity index is 1.30. The molecular formula is C73H122N10O19. The summed E-state index contributed by atoms with van der Waals surface area (Å²) in [5, 5.41) is 20.6. The van der Waals surface area contributed by atoms with Crippen LogP contribution in [0.2, 0.25) is 0 Å². The van der Waals surface area contributed by atoms with E-state index in [0.717, 1.165) is 43.2 Å². The molecule has 0 fully saturated rings. The molecule has 29 nitrogen and oxygen atoms in total. The molecule has 102 heavy (non-hydrogen) atoms. The number of benzene rings is 2. The third-order valence-electron chi connectivity index (χ3n) is 15.4. The van der Waals surface area contributed by atoms with Crippen LogP contribution in [0, 0.1) is 23.7 Å². The van der Waals surface area contributed by atoms with Gasteiger partial charge in [0.25, 0.3) is 11.8 Å². The lowest BCUT2D eigenvalue weighted by atomic mass is 9.93. The quantitative estimate of drug-likeness (QED) is 0.0198. The zero-order valence-corrected chi connectivity index (χ0v) is 61.6. The molecule has 0 aliphatic rings. The van der Waals surface area contributed by atoms with Crippen molar-refractivity contribution in [3.63, 3.8) is 0 Å². The summed E-state index contributed by atoms with van der Waals surface area (Å²) in [6.45, 7) is 20.4. The second-order valence-corrected chi connectivity index (χ2v) is 25.0. The van der Waals surface area contributed by atoms with Crippen molar-refractivity contribution in [3.05, 3.63) is 70.8 Å². The third kappa shape index (κ3) is 49.3. The zero-order chi connectivity index (χ0) is 74.5. The van der Waals surface area contributed by atoms with Crippen molar-refractivity contribution in [2.45, 2.75) is 157 Å². The second-order valence-electron chi connectivity index (χ2n) is 25.0. The fraction of sp³-hybridized carbons (Fsp3) is 0.699. The molecule has 0 unspecified atom stereocenters. The average molecular weight is 1440 g/mol. The van der Waals surface area contributed by atoms with E-state index in [-0.39, 0.29) is 81.6 Å². The minimum atomic E-state index is -0.742. The normalized spacial score (nSPS) is 12.6. The van der Waals surface area contributed by atoms with Crippen LogP contribution in [0.1, 0.15) is 163 Å². The number of amides is 8. The van der Waals surface area contributed by atoms with E-state index < -0.39 is 36.1 Å². The van der Waals surface area contributed by atoms with Crippen LogP contribution >= 0.6 is 0 Å². The molecule has 0 aliphatic carbocycles. The van der Waals surface area contributed by atoms with Gasteiger partial charge in [0.15, 0.2) is 0 Å². The van der Waals surface area contributed by atoms with Gasteiger partial charge in [0, 0.05) is 75.1 Å². The van der Waals surface area contributed by atoms with E-state index in [2.05, 4.69) is 69.7 Å². The van der Waals surface area contributed by atoms with Crippen molar-refractivity contribution in [2.24, 2.45) is 45.3 Å². The van der Waals surface area contributed by atoms with Crippen molar-refractivity contribution in [1.29, 1.82) is 0 Å². The Morgan fingerprint density at radius 3 is 1.25 bits per heavy atom. The Bertz CT molecular complexity index is 2480. The summed E-state index contributed by atoms with van der Waals surface area (Å²) in [4.78, 5) is 109. The van der Waals surface area contributed by atoms with E-state index in [1.165, 1.54) is 0 Å². The van der Waals surface area contributed by atoms with Gasteiger partial charge in [0.2, 0.25) is 23.6 Å². The number of hydrogen-bond donors (Lipinski definition) is 8. The number of aliphatic imine (C=N–C) groups is 1. The number of carbonyl (C=O) groups is 8. The predicted molar refractivity (Wildman–Crippen MR) is 388 cm³/mol. The molecule has 8 amide bonds. The van der Waals surface area contributed by atoms with Crippen LogP contribution < -0.4 is 43.4 Å². The number of nitrogens with zero attached hydrogens (tertiary/aromatic N) is 2. The number of ether oxygens (including phenoxy) is 10. The number of hydrogen-bond acceptors (Lipinski definition) is 21. The summed E-state index contributed by atoms with van der Waals surface area (Å²) in [6, 6.07) is 13.1. The number of unbranched alkanes of at least 4 members (excludes halogenated alkanes) is 4. The summed E-state index contributed by atoms with van der Waals surface area (Å²) in [5.74, 6) is -1.37. The minimum absolute atomic E-state index is 0.123. The van der Waals surface area contributed by atoms with Gasteiger partial charge in [-0.25, -0.2) is 9.59 Å². The lowest BCUT2D eigenvalue weighted by Crippen LogP contribution is -2.46. The molecule has 0 bridgehead atoms. The molecule has 0 radical (unpaired) electrons. The Kier molecular flexibility index (Phi) is 54.4. The van der Waals surface area contributed by atoms with Gasteiger partial charge in [-0.2, -0.15) is 0 Å². The van der Waals surface area contributed by atoms with E-state index in [0.29, 0.717) is 199 Å². The Morgan fingerprint density at radius 1 is 0.451 bits per heavy atom. The molecule has 2 aromatic rings. The standard InChI is InChI=1S/C73H122N10O19/c1-7-60(51-56(3)4)70(88)82-64(66(74)84)23-9-11-27-77-68(86)62-21-17-19-58(53-62)25-30-76-26-13-15-33-92-37-41-96-45-47-98-43-39-94-35-31-79-72(90)100-49-50-101-73(91)80-32-36-95-40-44-99-48-46-97-42-38-93-34-16-14-29-81-102-55-59-20-18-22-63(54-59)69(87)78-28-12-10-24-65(67(75)85)83-71(89)61(8-2)52-57(5)6/h17-22,26,29,53-54,56-57,60-61,64-65H,7-16,23-25,27-28,30-52,55H2,1-6H3,(H2,74,84)(H2,75,85)(H,77,86)(H,78,87)(H,79,90)(H,80,91)(H,82,88)(H,83,89)/b76-26?,81-29-/t60-,61-,64-,65-/m0/s1. The highest BCUT2D eigenvalue weighted by atomic mass is 16.6. The molecular weight excluding hydrogens is 1320 g/mol. The maximum Gasteiger partial charge on any atom is 0.407 e. The summed E-state index contributed by atoms with van der Waals surface area (Å²) in [7, 11) is 0. The van der Waals surface area contributed by atoms with Crippen molar-refractivity contribution in [1.82, 2.24) is 31.9 Å². The fourth-order valence-electron chi connectivity index (χ4n) is 9.92. The Labute approximate surface area is 604 Å². The molecule has 29 heteroatoms. The first-order valence-corrected chi connectivity index (χ1v) is 36.4. The lowest BCUT2D eigenvalue weighted by molar-refractivity contribution is -0.130. The highest BCUT2D eigenvalue weighted by molar-refractivity contribution is 5.95. The van der Waals surface area contributed by atoms with E-state index in [1.807, 2.05) is 44.3 Å². The molecule has 4 atom stereocenters. The first-order valence-electron chi connectivity index (χ1n) is 36.4. The maximum atomic E-state index is 12.8. The molecule has 0 heterocycles. The molecule has 0 saturated heterocycles. The van der Waals surface area contributed by atoms with Crippen LogP contribution in [0.4, 0.5) is 9.59 Å². The average Bonchev–Trinajstić information content (AvgIpc) is 0.905. The number of nitrogens with one attached hydrogen (secondary N) is 6. The second kappa shape index (κ2) is 61.1. The monoisotopic (exact) mass is 1440 g/mol. The van der Waals surface area contributed by atoms with E-state index >= 15 is 0 Å².